The Hall–Kier alpha value is -2.20. The zero-order valence-electron chi connectivity index (χ0n) is 11.9. The van der Waals surface area contributed by atoms with E-state index >= 15 is 0 Å². The van der Waals surface area contributed by atoms with E-state index in [0.717, 1.165) is 29.8 Å². The third-order valence-electron chi connectivity index (χ3n) is 3.34. The Morgan fingerprint density at radius 2 is 1.86 bits per heavy atom. The van der Waals surface area contributed by atoms with Crippen molar-refractivity contribution in [3.63, 3.8) is 0 Å². The highest BCUT2D eigenvalue weighted by atomic mass is 19.1. The van der Waals surface area contributed by atoms with Gasteiger partial charge in [-0.25, -0.2) is 9.37 Å². The Bertz CT molecular complexity index is 734. The molecule has 0 radical (unpaired) electrons. The number of nitrogens with one attached hydrogen (secondary N) is 1. The van der Waals surface area contributed by atoms with Crippen LogP contribution in [0.2, 0.25) is 0 Å². The van der Waals surface area contributed by atoms with Crippen LogP contribution in [0.25, 0.3) is 11.1 Å². The minimum atomic E-state index is -0.232. The van der Waals surface area contributed by atoms with Crippen molar-refractivity contribution >= 4 is 11.1 Å². The molecule has 2 aromatic carbocycles. The van der Waals surface area contributed by atoms with Gasteiger partial charge in [-0.3, -0.25) is 0 Å². The highest BCUT2D eigenvalue weighted by Crippen LogP contribution is 2.19. The number of hydrogen-bond acceptors (Lipinski definition) is 3. The summed E-state index contributed by atoms with van der Waals surface area (Å²) in [5.74, 6) is 0.418. The van der Waals surface area contributed by atoms with E-state index in [1.807, 2.05) is 18.2 Å². The fraction of sp³-hybridized carbons (Fsp3) is 0.235. The lowest BCUT2D eigenvalue weighted by Crippen LogP contribution is -2.11. The zero-order valence-corrected chi connectivity index (χ0v) is 11.9. The number of benzene rings is 2. The van der Waals surface area contributed by atoms with Crippen molar-refractivity contribution in [1.29, 1.82) is 0 Å². The molecule has 0 fully saturated rings. The molecular weight excluding hydrogens is 267 g/mol. The molecule has 0 saturated heterocycles. The Morgan fingerprint density at radius 1 is 1.10 bits per heavy atom. The molecule has 0 amide bonds. The molecule has 1 N–H and O–H groups in total. The number of aromatic nitrogens is 1. The lowest BCUT2D eigenvalue weighted by molar-refractivity contribution is 0.543. The molecule has 0 aliphatic heterocycles. The van der Waals surface area contributed by atoms with E-state index < -0.39 is 0 Å². The predicted octanol–water partition coefficient (Wildman–Crippen LogP) is 3.67. The molecule has 0 bridgehead atoms. The van der Waals surface area contributed by atoms with Crippen LogP contribution in [0.15, 0.2) is 46.9 Å². The van der Waals surface area contributed by atoms with Gasteiger partial charge >= 0.3 is 0 Å². The maximum Gasteiger partial charge on any atom is 0.199 e. The van der Waals surface area contributed by atoms with Crippen molar-refractivity contribution in [2.75, 3.05) is 6.54 Å². The molecule has 0 spiro atoms. The number of fused-ring (bicyclic) bond motifs is 1. The summed E-state index contributed by atoms with van der Waals surface area (Å²) in [4.78, 5) is 4.51. The van der Waals surface area contributed by atoms with E-state index in [2.05, 4.69) is 17.2 Å². The number of nitrogens with zero attached hydrogens (tertiary/aromatic N) is 1. The van der Waals surface area contributed by atoms with Gasteiger partial charge in [-0.2, -0.15) is 0 Å². The first-order chi connectivity index (χ1) is 10.2. The lowest BCUT2D eigenvalue weighted by Gasteiger charge is -2.00. The molecule has 1 aromatic heterocycles. The van der Waals surface area contributed by atoms with Crippen LogP contribution in [0.3, 0.4) is 0 Å². The van der Waals surface area contributed by atoms with Crippen LogP contribution >= 0.6 is 0 Å². The second-order valence-corrected chi connectivity index (χ2v) is 4.99. The summed E-state index contributed by atoms with van der Waals surface area (Å²) in [6.45, 7) is 3.84. The second kappa shape index (κ2) is 6.06. The first-order valence-electron chi connectivity index (χ1n) is 7.08. The van der Waals surface area contributed by atoms with Crippen molar-refractivity contribution in [3.05, 3.63) is 65.3 Å². The van der Waals surface area contributed by atoms with Crippen molar-refractivity contribution in [2.45, 2.75) is 19.9 Å². The molecule has 0 aliphatic carbocycles. The van der Waals surface area contributed by atoms with Crippen LogP contribution in [0.5, 0.6) is 0 Å². The van der Waals surface area contributed by atoms with Gasteiger partial charge in [0.05, 0.1) is 0 Å². The van der Waals surface area contributed by atoms with E-state index in [1.165, 1.54) is 17.7 Å². The standard InChI is InChI=1S/C17H17FN2O/c1-2-19-11-13-5-8-16-15(9-13)20-17(21-16)10-12-3-6-14(18)7-4-12/h3-9,19H,2,10-11H2,1H3. The molecule has 108 valence electrons. The van der Waals surface area contributed by atoms with Crippen molar-refractivity contribution in [3.8, 4) is 0 Å². The summed E-state index contributed by atoms with van der Waals surface area (Å²) in [5, 5.41) is 3.29. The Labute approximate surface area is 122 Å². The molecule has 3 aromatic rings. The maximum absolute atomic E-state index is 12.9. The predicted molar refractivity (Wildman–Crippen MR) is 80.6 cm³/mol. The van der Waals surface area contributed by atoms with Gasteiger partial charge in [0, 0.05) is 13.0 Å². The van der Waals surface area contributed by atoms with Crippen LogP contribution < -0.4 is 5.32 Å². The third kappa shape index (κ3) is 3.28. The van der Waals surface area contributed by atoms with Gasteiger partial charge in [-0.1, -0.05) is 25.1 Å². The molecule has 4 heteroatoms. The van der Waals surface area contributed by atoms with E-state index in [1.54, 1.807) is 12.1 Å². The number of oxazole rings is 1. The number of rotatable bonds is 5. The second-order valence-electron chi connectivity index (χ2n) is 4.99. The van der Waals surface area contributed by atoms with Crippen LogP contribution in [-0.4, -0.2) is 11.5 Å². The lowest BCUT2D eigenvalue weighted by atomic mass is 10.1. The van der Waals surface area contributed by atoms with Gasteiger partial charge in [-0.15, -0.1) is 0 Å². The summed E-state index contributed by atoms with van der Waals surface area (Å²) in [7, 11) is 0. The van der Waals surface area contributed by atoms with E-state index in [9.17, 15) is 4.39 Å². The zero-order chi connectivity index (χ0) is 14.7. The molecule has 0 saturated carbocycles. The fourth-order valence-corrected chi connectivity index (χ4v) is 2.25. The molecule has 0 unspecified atom stereocenters. The quantitative estimate of drug-likeness (QED) is 0.777. The maximum atomic E-state index is 12.9. The van der Waals surface area contributed by atoms with E-state index in [0.29, 0.717) is 12.3 Å². The minimum Gasteiger partial charge on any atom is -0.440 e. The van der Waals surface area contributed by atoms with Crippen LogP contribution in [0, 0.1) is 5.82 Å². The van der Waals surface area contributed by atoms with Crippen LogP contribution in [0.1, 0.15) is 23.9 Å². The topological polar surface area (TPSA) is 38.1 Å². The van der Waals surface area contributed by atoms with Crippen molar-refractivity contribution < 1.29 is 8.81 Å². The highest BCUT2D eigenvalue weighted by molar-refractivity contribution is 5.73. The molecule has 0 atom stereocenters. The molecule has 1 heterocycles. The minimum absolute atomic E-state index is 0.232. The van der Waals surface area contributed by atoms with Gasteiger partial charge in [0.15, 0.2) is 11.5 Å². The van der Waals surface area contributed by atoms with Crippen molar-refractivity contribution in [2.24, 2.45) is 0 Å². The summed E-state index contributed by atoms with van der Waals surface area (Å²) in [6, 6.07) is 12.4. The normalized spacial score (nSPS) is 11.1. The van der Waals surface area contributed by atoms with E-state index in [4.69, 9.17) is 4.42 Å². The Kier molecular flexibility index (Phi) is 3.97. The Balaban J connectivity index is 1.81. The monoisotopic (exact) mass is 284 g/mol. The first-order valence-corrected chi connectivity index (χ1v) is 7.08. The van der Waals surface area contributed by atoms with Gasteiger partial charge in [-0.05, 0) is 41.9 Å². The molecular formula is C17H17FN2O. The SMILES string of the molecule is CCNCc1ccc2oc(Cc3ccc(F)cc3)nc2c1. The van der Waals surface area contributed by atoms with E-state index in [-0.39, 0.29) is 5.82 Å². The average molecular weight is 284 g/mol. The molecule has 0 aliphatic rings. The average Bonchev–Trinajstić information content (AvgIpc) is 2.89. The van der Waals surface area contributed by atoms with Crippen LogP contribution in [0.4, 0.5) is 4.39 Å². The first kappa shape index (κ1) is 13.8. The van der Waals surface area contributed by atoms with Gasteiger partial charge in [0.2, 0.25) is 0 Å². The summed E-state index contributed by atoms with van der Waals surface area (Å²) in [5.41, 5.74) is 3.82. The Morgan fingerprint density at radius 3 is 2.62 bits per heavy atom. The highest BCUT2D eigenvalue weighted by Gasteiger charge is 2.07. The number of halogens is 1. The smallest absolute Gasteiger partial charge is 0.199 e. The molecule has 21 heavy (non-hydrogen) atoms. The summed E-state index contributed by atoms with van der Waals surface area (Å²) >= 11 is 0. The fourth-order valence-electron chi connectivity index (χ4n) is 2.25. The van der Waals surface area contributed by atoms with Gasteiger partial charge in [0.25, 0.3) is 0 Å². The summed E-state index contributed by atoms with van der Waals surface area (Å²) in [6.07, 6.45) is 0.567. The van der Waals surface area contributed by atoms with Gasteiger partial charge < -0.3 is 9.73 Å². The molecule has 3 nitrogen and oxygen atoms in total. The van der Waals surface area contributed by atoms with Gasteiger partial charge in [0.1, 0.15) is 11.3 Å². The molecule has 3 rings (SSSR count). The third-order valence-corrected chi connectivity index (χ3v) is 3.34. The number of hydrogen-bond donors (Lipinski definition) is 1. The van der Waals surface area contributed by atoms with Crippen molar-refractivity contribution in [1.82, 2.24) is 10.3 Å². The largest absolute Gasteiger partial charge is 0.440 e. The van der Waals surface area contributed by atoms with Crippen LogP contribution in [-0.2, 0) is 13.0 Å². The summed E-state index contributed by atoms with van der Waals surface area (Å²) < 4.78 is 18.6.